The van der Waals surface area contributed by atoms with E-state index in [9.17, 15) is 4.79 Å². The summed E-state index contributed by atoms with van der Waals surface area (Å²) in [6, 6.07) is 9.87. The van der Waals surface area contributed by atoms with E-state index in [1.54, 1.807) is 0 Å². The summed E-state index contributed by atoms with van der Waals surface area (Å²) in [6.07, 6.45) is 0.933. The lowest BCUT2D eigenvalue weighted by Crippen LogP contribution is -2.04. The van der Waals surface area contributed by atoms with E-state index in [0.717, 1.165) is 17.6 Å². The predicted octanol–water partition coefficient (Wildman–Crippen LogP) is 3.20. The molecule has 0 aliphatic heterocycles. The molecule has 0 radical (unpaired) electrons. The second-order valence-electron chi connectivity index (χ2n) is 3.88. The van der Waals surface area contributed by atoms with Crippen molar-refractivity contribution in [3.8, 4) is 0 Å². The fraction of sp³-hybridized carbons (Fsp3) is 0.308. The second kappa shape index (κ2) is 5.35. The van der Waals surface area contributed by atoms with E-state index in [-0.39, 0.29) is 12.3 Å². The lowest BCUT2D eigenvalue weighted by molar-refractivity contribution is -0.137. The summed E-state index contributed by atoms with van der Waals surface area (Å²) in [5.41, 5.74) is 2.10. The van der Waals surface area contributed by atoms with E-state index in [4.69, 9.17) is 5.11 Å². The zero-order valence-electron chi connectivity index (χ0n) is 8.94. The minimum Gasteiger partial charge on any atom is -0.481 e. The number of hydrogen-bond donors (Lipinski definition) is 1. The summed E-state index contributed by atoms with van der Waals surface area (Å²) in [5.74, 6) is -0.612. The van der Waals surface area contributed by atoms with Crippen molar-refractivity contribution in [3.63, 3.8) is 0 Å². The van der Waals surface area contributed by atoms with Crippen LogP contribution < -0.4 is 0 Å². The highest BCUT2D eigenvalue weighted by atomic mass is 16.4. The number of allylic oxidation sites excluding steroid dienone is 1. The Morgan fingerprint density at radius 2 is 1.93 bits per heavy atom. The lowest BCUT2D eigenvalue weighted by Gasteiger charge is -2.11. The van der Waals surface area contributed by atoms with Crippen molar-refractivity contribution in [1.29, 1.82) is 0 Å². The first-order valence-electron chi connectivity index (χ1n) is 5.04. The van der Waals surface area contributed by atoms with Gasteiger partial charge in [-0.3, -0.25) is 4.79 Å². The van der Waals surface area contributed by atoms with Crippen LogP contribution in [0, 0.1) is 5.92 Å². The summed E-state index contributed by atoms with van der Waals surface area (Å²) >= 11 is 0. The lowest BCUT2D eigenvalue weighted by atomic mass is 9.94. The van der Waals surface area contributed by atoms with Gasteiger partial charge in [0.05, 0.1) is 0 Å². The molecule has 0 unspecified atom stereocenters. The Labute approximate surface area is 90.3 Å². The van der Waals surface area contributed by atoms with Gasteiger partial charge in [-0.05, 0) is 23.5 Å². The molecule has 0 saturated carbocycles. The van der Waals surface area contributed by atoms with Crippen LogP contribution in [-0.4, -0.2) is 11.1 Å². The highest BCUT2D eigenvalue weighted by Gasteiger charge is 2.09. The van der Waals surface area contributed by atoms with Crippen LogP contribution in [0.15, 0.2) is 36.9 Å². The summed E-state index contributed by atoms with van der Waals surface area (Å²) in [6.45, 7) is 5.91. The minimum atomic E-state index is -0.747. The normalized spacial score (nSPS) is 12.1. The van der Waals surface area contributed by atoms with Crippen LogP contribution in [0.4, 0.5) is 0 Å². The Kier molecular flexibility index (Phi) is 4.10. The number of benzene rings is 1. The Bertz CT molecular complexity index is 341. The molecule has 1 rings (SSSR count). The van der Waals surface area contributed by atoms with Crippen molar-refractivity contribution in [1.82, 2.24) is 0 Å². The van der Waals surface area contributed by atoms with Gasteiger partial charge < -0.3 is 5.11 Å². The summed E-state index contributed by atoms with van der Waals surface area (Å²) in [5, 5.41) is 8.64. The zero-order valence-corrected chi connectivity index (χ0v) is 8.94. The van der Waals surface area contributed by atoms with Crippen molar-refractivity contribution >= 4 is 11.5 Å². The molecule has 15 heavy (non-hydrogen) atoms. The fourth-order valence-corrected chi connectivity index (χ4v) is 1.58. The smallest absolute Gasteiger partial charge is 0.303 e. The molecule has 0 saturated heterocycles. The molecule has 0 spiro atoms. The van der Waals surface area contributed by atoms with Gasteiger partial charge in [0.1, 0.15) is 0 Å². The van der Waals surface area contributed by atoms with E-state index in [2.05, 4.69) is 6.58 Å². The maximum atomic E-state index is 10.5. The van der Waals surface area contributed by atoms with Crippen LogP contribution >= 0.6 is 0 Å². The van der Waals surface area contributed by atoms with E-state index in [1.807, 2.05) is 37.3 Å². The highest BCUT2D eigenvalue weighted by molar-refractivity contribution is 5.68. The van der Waals surface area contributed by atoms with Crippen LogP contribution in [-0.2, 0) is 4.79 Å². The molecule has 1 aromatic rings. The molecular weight excluding hydrogens is 188 g/mol. The van der Waals surface area contributed by atoms with Gasteiger partial charge in [0.25, 0.3) is 0 Å². The quantitative estimate of drug-likeness (QED) is 0.799. The highest BCUT2D eigenvalue weighted by Crippen LogP contribution is 2.22. The van der Waals surface area contributed by atoms with E-state index in [1.165, 1.54) is 0 Å². The molecule has 1 aromatic carbocycles. The van der Waals surface area contributed by atoms with Gasteiger partial charge in [0, 0.05) is 6.42 Å². The Morgan fingerprint density at radius 1 is 1.33 bits per heavy atom. The Morgan fingerprint density at radius 3 is 2.47 bits per heavy atom. The number of aliphatic carboxylic acids is 1. The summed E-state index contributed by atoms with van der Waals surface area (Å²) in [7, 11) is 0. The average molecular weight is 204 g/mol. The maximum absolute atomic E-state index is 10.5. The van der Waals surface area contributed by atoms with Gasteiger partial charge in [-0.2, -0.15) is 0 Å². The average Bonchev–Trinajstić information content (AvgIpc) is 2.17. The standard InChI is InChI=1S/C13H16O2/c1-10(9-13(14)15)8-11(2)12-6-4-3-5-7-12/h3-7,10H,2,8-9H2,1H3,(H,14,15)/t10-/m1/s1. The van der Waals surface area contributed by atoms with E-state index in [0.29, 0.717) is 0 Å². The number of rotatable bonds is 5. The number of carbonyl (C=O) groups is 1. The SMILES string of the molecule is C=C(C[C@@H](C)CC(=O)O)c1ccccc1. The second-order valence-corrected chi connectivity index (χ2v) is 3.88. The van der Waals surface area contributed by atoms with Crippen molar-refractivity contribution in [3.05, 3.63) is 42.5 Å². The third-order valence-corrected chi connectivity index (χ3v) is 2.30. The van der Waals surface area contributed by atoms with Crippen LogP contribution in [0.25, 0.3) is 5.57 Å². The van der Waals surface area contributed by atoms with Crippen molar-refractivity contribution in [2.45, 2.75) is 19.8 Å². The first kappa shape index (κ1) is 11.5. The Hall–Kier alpha value is -1.57. The fourth-order valence-electron chi connectivity index (χ4n) is 1.58. The third-order valence-electron chi connectivity index (χ3n) is 2.30. The zero-order chi connectivity index (χ0) is 11.3. The summed E-state index contributed by atoms with van der Waals surface area (Å²) < 4.78 is 0. The van der Waals surface area contributed by atoms with E-state index >= 15 is 0 Å². The van der Waals surface area contributed by atoms with Crippen LogP contribution in [0.5, 0.6) is 0 Å². The monoisotopic (exact) mass is 204 g/mol. The molecule has 0 aliphatic carbocycles. The molecule has 1 atom stereocenters. The van der Waals surface area contributed by atoms with E-state index < -0.39 is 5.97 Å². The molecule has 0 aliphatic rings. The molecule has 0 fully saturated rings. The number of carboxylic acids is 1. The van der Waals surface area contributed by atoms with Gasteiger partial charge in [-0.1, -0.05) is 43.8 Å². The van der Waals surface area contributed by atoms with Gasteiger partial charge in [-0.15, -0.1) is 0 Å². The predicted molar refractivity (Wildman–Crippen MR) is 61.5 cm³/mol. The molecular formula is C13H16O2. The first-order valence-corrected chi connectivity index (χ1v) is 5.04. The van der Waals surface area contributed by atoms with Gasteiger partial charge in [0.2, 0.25) is 0 Å². The van der Waals surface area contributed by atoms with Crippen LogP contribution in [0.1, 0.15) is 25.3 Å². The van der Waals surface area contributed by atoms with Crippen LogP contribution in [0.3, 0.4) is 0 Å². The molecule has 2 nitrogen and oxygen atoms in total. The number of hydrogen-bond acceptors (Lipinski definition) is 1. The molecule has 0 heterocycles. The molecule has 80 valence electrons. The van der Waals surface area contributed by atoms with Crippen molar-refractivity contribution in [2.24, 2.45) is 5.92 Å². The van der Waals surface area contributed by atoms with Gasteiger partial charge >= 0.3 is 5.97 Å². The van der Waals surface area contributed by atoms with Gasteiger partial charge in [-0.25, -0.2) is 0 Å². The molecule has 0 aromatic heterocycles. The molecule has 0 amide bonds. The Balaban J connectivity index is 2.53. The van der Waals surface area contributed by atoms with Gasteiger partial charge in [0.15, 0.2) is 0 Å². The first-order chi connectivity index (χ1) is 7.09. The number of carboxylic acid groups (broad SMARTS) is 1. The van der Waals surface area contributed by atoms with Crippen molar-refractivity contribution < 1.29 is 9.90 Å². The maximum Gasteiger partial charge on any atom is 0.303 e. The largest absolute Gasteiger partial charge is 0.481 e. The van der Waals surface area contributed by atoms with Crippen LogP contribution in [0.2, 0.25) is 0 Å². The van der Waals surface area contributed by atoms with Crippen molar-refractivity contribution in [2.75, 3.05) is 0 Å². The molecule has 1 N–H and O–H groups in total. The minimum absolute atomic E-state index is 0.134. The topological polar surface area (TPSA) is 37.3 Å². The molecule has 2 heteroatoms. The summed E-state index contributed by atoms with van der Waals surface area (Å²) in [4.78, 5) is 10.5. The third kappa shape index (κ3) is 3.98. The molecule has 0 bridgehead atoms.